The number of nitrogens with two attached hydrogens (primary N) is 1. The largest absolute Gasteiger partial charge is 0.366 e. The highest BCUT2D eigenvalue weighted by molar-refractivity contribution is 6.35. The Morgan fingerprint density at radius 2 is 1.69 bits per heavy atom. The molecule has 2 heterocycles. The van der Waals surface area contributed by atoms with E-state index in [9.17, 15) is 9.59 Å². The van der Waals surface area contributed by atoms with Crippen molar-refractivity contribution in [1.29, 1.82) is 0 Å². The van der Waals surface area contributed by atoms with Crippen LogP contribution in [0.5, 0.6) is 0 Å². The molecule has 138 valence electrons. The molecular formula is C21H27N3O2. The Hall–Kier alpha value is -2.14. The lowest BCUT2D eigenvalue weighted by Crippen LogP contribution is -2.49. The van der Waals surface area contributed by atoms with E-state index in [1.165, 1.54) is 38.2 Å². The number of para-hydroxylation sites is 1. The van der Waals surface area contributed by atoms with E-state index >= 15 is 0 Å². The number of anilines is 1. The Kier molecular flexibility index (Phi) is 4.81. The van der Waals surface area contributed by atoms with Gasteiger partial charge in [0.15, 0.2) is 0 Å². The zero-order valence-corrected chi connectivity index (χ0v) is 15.2. The second kappa shape index (κ2) is 7.23. The molecule has 2 amide bonds. The SMILES string of the molecule is NC(=O)/C=C1\C(=O)N(C2CCN(C3CCCCC3)CC2)c2ccccc21. The molecule has 1 aromatic carbocycles. The van der Waals surface area contributed by atoms with E-state index in [1.807, 2.05) is 29.2 Å². The second-order valence-corrected chi connectivity index (χ2v) is 7.71. The van der Waals surface area contributed by atoms with Crippen molar-refractivity contribution in [3.8, 4) is 0 Å². The third kappa shape index (κ3) is 3.16. The maximum Gasteiger partial charge on any atom is 0.259 e. The van der Waals surface area contributed by atoms with Gasteiger partial charge >= 0.3 is 0 Å². The van der Waals surface area contributed by atoms with Crippen molar-refractivity contribution in [2.24, 2.45) is 5.73 Å². The van der Waals surface area contributed by atoms with Crippen molar-refractivity contribution < 1.29 is 9.59 Å². The Morgan fingerprint density at radius 3 is 2.38 bits per heavy atom. The van der Waals surface area contributed by atoms with Gasteiger partial charge in [0.2, 0.25) is 5.91 Å². The van der Waals surface area contributed by atoms with Crippen LogP contribution in [0.3, 0.4) is 0 Å². The number of hydrogen-bond donors (Lipinski definition) is 1. The van der Waals surface area contributed by atoms with Crippen LogP contribution in [0.4, 0.5) is 5.69 Å². The number of primary amides is 1. The fraction of sp³-hybridized carbons (Fsp3) is 0.524. The van der Waals surface area contributed by atoms with Crippen LogP contribution >= 0.6 is 0 Å². The summed E-state index contributed by atoms with van der Waals surface area (Å²) in [6.45, 7) is 2.10. The van der Waals surface area contributed by atoms with Crippen LogP contribution < -0.4 is 10.6 Å². The van der Waals surface area contributed by atoms with Gasteiger partial charge in [0.25, 0.3) is 5.91 Å². The van der Waals surface area contributed by atoms with Crippen molar-refractivity contribution in [3.63, 3.8) is 0 Å². The summed E-state index contributed by atoms with van der Waals surface area (Å²) in [7, 11) is 0. The summed E-state index contributed by atoms with van der Waals surface area (Å²) in [4.78, 5) is 28.9. The summed E-state index contributed by atoms with van der Waals surface area (Å²) in [6.07, 6.45) is 9.97. The number of rotatable bonds is 3. The molecule has 0 unspecified atom stereocenters. The van der Waals surface area contributed by atoms with Crippen molar-refractivity contribution in [2.75, 3.05) is 18.0 Å². The lowest BCUT2D eigenvalue weighted by molar-refractivity contribution is -0.115. The summed E-state index contributed by atoms with van der Waals surface area (Å²) in [5, 5.41) is 0. The van der Waals surface area contributed by atoms with Crippen LogP contribution in [0.25, 0.3) is 5.57 Å². The Balaban J connectivity index is 1.51. The van der Waals surface area contributed by atoms with Crippen molar-refractivity contribution in [1.82, 2.24) is 4.90 Å². The highest BCUT2D eigenvalue weighted by atomic mass is 16.2. The summed E-state index contributed by atoms with van der Waals surface area (Å²) >= 11 is 0. The standard InChI is InChI=1S/C21H27N3O2/c22-20(25)14-18-17-8-4-5-9-19(17)24(21(18)26)16-10-12-23(13-11-16)15-6-2-1-3-7-15/h4-5,8-9,14-16H,1-3,6-7,10-13H2,(H2,22,25)/b18-14-. The molecule has 4 rings (SSSR count). The van der Waals surface area contributed by atoms with Crippen molar-refractivity contribution in [3.05, 3.63) is 35.9 Å². The van der Waals surface area contributed by atoms with Crippen LogP contribution in [0, 0.1) is 0 Å². The molecule has 0 radical (unpaired) electrons. The molecular weight excluding hydrogens is 326 g/mol. The summed E-state index contributed by atoms with van der Waals surface area (Å²) in [5.41, 5.74) is 7.50. The van der Waals surface area contributed by atoms with Gasteiger partial charge in [-0.25, -0.2) is 0 Å². The van der Waals surface area contributed by atoms with E-state index in [4.69, 9.17) is 5.73 Å². The van der Waals surface area contributed by atoms with Gasteiger partial charge in [0.1, 0.15) is 0 Å². The highest BCUT2D eigenvalue weighted by Crippen LogP contribution is 2.40. The molecule has 26 heavy (non-hydrogen) atoms. The number of nitrogens with zero attached hydrogens (tertiary/aromatic N) is 2. The Morgan fingerprint density at radius 1 is 1.00 bits per heavy atom. The van der Waals surface area contributed by atoms with Gasteiger partial charge < -0.3 is 15.5 Å². The molecule has 2 fully saturated rings. The fourth-order valence-electron chi connectivity index (χ4n) is 4.87. The predicted molar refractivity (Wildman–Crippen MR) is 103 cm³/mol. The maximum atomic E-state index is 13.0. The predicted octanol–water partition coefficient (Wildman–Crippen LogP) is 2.70. The quantitative estimate of drug-likeness (QED) is 0.850. The minimum absolute atomic E-state index is 0.0823. The van der Waals surface area contributed by atoms with E-state index < -0.39 is 5.91 Å². The van der Waals surface area contributed by atoms with Gasteiger partial charge in [-0.1, -0.05) is 37.5 Å². The number of amides is 2. The first-order valence-corrected chi connectivity index (χ1v) is 9.83. The van der Waals surface area contributed by atoms with E-state index in [0.717, 1.165) is 43.2 Å². The summed E-state index contributed by atoms with van der Waals surface area (Å²) in [6, 6.07) is 8.65. The van der Waals surface area contributed by atoms with Crippen LogP contribution in [0.15, 0.2) is 30.3 Å². The fourth-order valence-corrected chi connectivity index (χ4v) is 4.87. The molecule has 0 aromatic heterocycles. The molecule has 5 nitrogen and oxygen atoms in total. The third-order valence-corrected chi connectivity index (χ3v) is 6.14. The molecule has 1 saturated carbocycles. The first-order chi connectivity index (χ1) is 12.6. The van der Waals surface area contributed by atoms with Gasteiger partial charge in [0.05, 0.1) is 11.3 Å². The van der Waals surface area contributed by atoms with Crippen molar-refractivity contribution in [2.45, 2.75) is 57.0 Å². The molecule has 0 bridgehead atoms. The summed E-state index contributed by atoms with van der Waals surface area (Å²) < 4.78 is 0. The zero-order chi connectivity index (χ0) is 18.1. The number of hydrogen-bond acceptors (Lipinski definition) is 3. The number of carbonyl (C=O) groups is 2. The van der Waals surface area contributed by atoms with E-state index in [1.54, 1.807) is 0 Å². The van der Waals surface area contributed by atoms with Gasteiger partial charge in [0, 0.05) is 36.8 Å². The van der Waals surface area contributed by atoms with Crippen LogP contribution in [0.1, 0.15) is 50.5 Å². The summed E-state index contributed by atoms with van der Waals surface area (Å²) in [5.74, 6) is -0.654. The zero-order valence-electron chi connectivity index (χ0n) is 15.2. The number of piperidine rings is 1. The molecule has 3 aliphatic rings. The lowest BCUT2D eigenvalue weighted by Gasteiger charge is -2.41. The van der Waals surface area contributed by atoms with Crippen LogP contribution in [-0.4, -0.2) is 41.9 Å². The maximum absolute atomic E-state index is 13.0. The average molecular weight is 353 g/mol. The molecule has 1 aromatic rings. The van der Waals surface area contributed by atoms with Gasteiger partial charge in [-0.3, -0.25) is 9.59 Å². The lowest BCUT2D eigenvalue weighted by atomic mass is 9.92. The van der Waals surface area contributed by atoms with Crippen LogP contribution in [-0.2, 0) is 9.59 Å². The topological polar surface area (TPSA) is 66.6 Å². The first kappa shape index (κ1) is 17.3. The Labute approximate surface area is 154 Å². The van der Waals surface area contributed by atoms with E-state index in [-0.39, 0.29) is 11.9 Å². The highest BCUT2D eigenvalue weighted by Gasteiger charge is 2.38. The number of benzene rings is 1. The van der Waals surface area contributed by atoms with Crippen molar-refractivity contribution >= 4 is 23.1 Å². The molecule has 1 saturated heterocycles. The Bertz CT molecular complexity index is 729. The third-order valence-electron chi connectivity index (χ3n) is 6.14. The van der Waals surface area contributed by atoms with E-state index in [0.29, 0.717) is 5.57 Å². The number of carbonyl (C=O) groups excluding carboxylic acids is 2. The molecule has 0 spiro atoms. The van der Waals surface area contributed by atoms with Crippen LogP contribution in [0.2, 0.25) is 0 Å². The minimum Gasteiger partial charge on any atom is -0.366 e. The smallest absolute Gasteiger partial charge is 0.259 e. The van der Waals surface area contributed by atoms with E-state index in [2.05, 4.69) is 4.90 Å². The average Bonchev–Trinajstić information content (AvgIpc) is 2.94. The minimum atomic E-state index is -0.572. The molecule has 5 heteroatoms. The molecule has 2 aliphatic heterocycles. The molecule has 1 aliphatic carbocycles. The van der Waals surface area contributed by atoms with Gasteiger partial charge in [-0.05, 0) is 31.7 Å². The monoisotopic (exact) mass is 353 g/mol. The molecule has 0 atom stereocenters. The number of fused-ring (bicyclic) bond motifs is 1. The number of likely N-dealkylation sites (tertiary alicyclic amines) is 1. The molecule has 2 N–H and O–H groups in total. The normalized spacial score (nSPS) is 24.2. The first-order valence-electron chi connectivity index (χ1n) is 9.83. The van der Waals surface area contributed by atoms with Gasteiger partial charge in [-0.2, -0.15) is 0 Å². The second-order valence-electron chi connectivity index (χ2n) is 7.71. The van der Waals surface area contributed by atoms with Gasteiger partial charge in [-0.15, -0.1) is 0 Å².